The SMILES string of the molecule is Cc1ccc(S(=O)(=O)N2CC(c3ccc(Cl)cc3)OC2Cc2ccccc2)cc1. The highest BCUT2D eigenvalue weighted by Crippen LogP contribution is 2.35. The van der Waals surface area contributed by atoms with E-state index in [2.05, 4.69) is 0 Å². The number of nitrogens with zero attached hydrogens (tertiary/aromatic N) is 1. The van der Waals surface area contributed by atoms with Crippen LogP contribution in [0.3, 0.4) is 0 Å². The van der Waals surface area contributed by atoms with Crippen molar-refractivity contribution >= 4 is 21.6 Å². The van der Waals surface area contributed by atoms with Gasteiger partial charge in [0, 0.05) is 18.0 Å². The van der Waals surface area contributed by atoms with Crippen molar-refractivity contribution in [2.45, 2.75) is 30.6 Å². The van der Waals surface area contributed by atoms with Gasteiger partial charge in [-0.2, -0.15) is 4.31 Å². The van der Waals surface area contributed by atoms with E-state index in [-0.39, 0.29) is 17.5 Å². The molecule has 6 heteroatoms. The summed E-state index contributed by atoms with van der Waals surface area (Å²) in [6, 6.07) is 24.1. The highest BCUT2D eigenvalue weighted by Gasteiger charge is 2.41. The topological polar surface area (TPSA) is 46.6 Å². The summed E-state index contributed by atoms with van der Waals surface area (Å²) < 4.78 is 34.5. The summed E-state index contributed by atoms with van der Waals surface area (Å²) in [4.78, 5) is 0.279. The fourth-order valence-corrected chi connectivity index (χ4v) is 5.15. The highest BCUT2D eigenvalue weighted by molar-refractivity contribution is 7.89. The molecular formula is C23H22ClNO3S. The molecule has 0 radical (unpaired) electrons. The molecule has 1 heterocycles. The third kappa shape index (κ3) is 4.38. The summed E-state index contributed by atoms with van der Waals surface area (Å²) in [5.41, 5.74) is 2.95. The van der Waals surface area contributed by atoms with Gasteiger partial charge in [-0.25, -0.2) is 8.42 Å². The maximum atomic E-state index is 13.4. The van der Waals surface area contributed by atoms with Crippen LogP contribution in [0.5, 0.6) is 0 Å². The van der Waals surface area contributed by atoms with Crippen molar-refractivity contribution in [1.82, 2.24) is 4.31 Å². The number of ether oxygens (including phenoxy) is 1. The van der Waals surface area contributed by atoms with Crippen molar-refractivity contribution in [1.29, 1.82) is 0 Å². The first-order chi connectivity index (χ1) is 13.9. The number of hydrogen-bond donors (Lipinski definition) is 0. The van der Waals surface area contributed by atoms with Crippen LogP contribution < -0.4 is 0 Å². The minimum absolute atomic E-state index is 0.259. The summed E-state index contributed by atoms with van der Waals surface area (Å²) >= 11 is 6.00. The van der Waals surface area contributed by atoms with Gasteiger partial charge < -0.3 is 4.74 Å². The molecule has 150 valence electrons. The van der Waals surface area contributed by atoms with Gasteiger partial charge in [-0.3, -0.25) is 0 Å². The van der Waals surface area contributed by atoms with Crippen LogP contribution in [-0.4, -0.2) is 25.5 Å². The molecule has 1 fully saturated rings. The van der Waals surface area contributed by atoms with Crippen LogP contribution in [0.4, 0.5) is 0 Å². The lowest BCUT2D eigenvalue weighted by atomic mass is 10.1. The van der Waals surface area contributed by atoms with Crippen LogP contribution in [0.1, 0.15) is 22.8 Å². The Morgan fingerprint density at radius 2 is 1.62 bits per heavy atom. The number of halogens is 1. The predicted molar refractivity (Wildman–Crippen MR) is 114 cm³/mol. The minimum atomic E-state index is -3.69. The number of sulfonamides is 1. The molecule has 2 atom stereocenters. The zero-order valence-corrected chi connectivity index (χ0v) is 17.6. The Labute approximate surface area is 176 Å². The van der Waals surface area contributed by atoms with E-state index in [0.29, 0.717) is 11.4 Å². The Hall–Kier alpha value is -2.18. The first kappa shape index (κ1) is 20.1. The largest absolute Gasteiger partial charge is 0.352 e. The zero-order chi connectivity index (χ0) is 20.4. The standard InChI is InChI=1S/C23H22ClNO3S/c1-17-7-13-21(14-8-17)29(26,27)25-16-22(19-9-11-20(24)12-10-19)28-23(25)15-18-5-3-2-4-6-18/h2-14,22-23H,15-16H2,1H3. The molecular weight excluding hydrogens is 406 g/mol. The molecule has 0 saturated carbocycles. The Bertz CT molecular complexity index is 1070. The molecule has 0 aromatic heterocycles. The molecule has 0 N–H and O–H groups in total. The fraction of sp³-hybridized carbons (Fsp3) is 0.217. The smallest absolute Gasteiger partial charge is 0.245 e. The molecule has 0 bridgehead atoms. The van der Waals surface area contributed by atoms with Gasteiger partial charge >= 0.3 is 0 Å². The maximum absolute atomic E-state index is 13.4. The van der Waals surface area contributed by atoms with Gasteiger partial charge in [-0.1, -0.05) is 71.8 Å². The van der Waals surface area contributed by atoms with E-state index in [1.54, 1.807) is 24.3 Å². The number of benzene rings is 3. The van der Waals surface area contributed by atoms with E-state index in [4.69, 9.17) is 16.3 Å². The van der Waals surface area contributed by atoms with Gasteiger partial charge in [-0.15, -0.1) is 0 Å². The van der Waals surface area contributed by atoms with E-state index in [1.807, 2.05) is 61.5 Å². The molecule has 2 unspecified atom stereocenters. The first-order valence-corrected chi connectivity index (χ1v) is 11.3. The van der Waals surface area contributed by atoms with Crippen molar-refractivity contribution in [3.8, 4) is 0 Å². The molecule has 0 aliphatic carbocycles. The van der Waals surface area contributed by atoms with Crippen LogP contribution in [-0.2, 0) is 21.2 Å². The summed E-state index contributed by atoms with van der Waals surface area (Å²) in [6.07, 6.45) is -0.443. The second-order valence-corrected chi connectivity index (χ2v) is 9.54. The summed E-state index contributed by atoms with van der Waals surface area (Å²) in [5, 5.41) is 0.636. The summed E-state index contributed by atoms with van der Waals surface area (Å²) in [7, 11) is -3.69. The van der Waals surface area contributed by atoms with E-state index in [0.717, 1.165) is 16.7 Å². The van der Waals surface area contributed by atoms with Gasteiger partial charge in [0.1, 0.15) is 6.23 Å². The lowest BCUT2D eigenvalue weighted by Crippen LogP contribution is -2.37. The van der Waals surface area contributed by atoms with Crippen LogP contribution in [0.15, 0.2) is 83.8 Å². The lowest BCUT2D eigenvalue weighted by Gasteiger charge is -2.22. The van der Waals surface area contributed by atoms with E-state index in [9.17, 15) is 8.42 Å². The summed E-state index contributed by atoms with van der Waals surface area (Å²) in [5.74, 6) is 0. The van der Waals surface area contributed by atoms with E-state index >= 15 is 0 Å². The monoisotopic (exact) mass is 427 g/mol. The second kappa shape index (κ2) is 8.28. The van der Waals surface area contributed by atoms with Gasteiger partial charge in [0.15, 0.2) is 0 Å². The molecule has 1 aliphatic heterocycles. The van der Waals surface area contributed by atoms with Crippen molar-refractivity contribution in [3.63, 3.8) is 0 Å². The van der Waals surface area contributed by atoms with Crippen LogP contribution >= 0.6 is 11.6 Å². The average molecular weight is 428 g/mol. The van der Waals surface area contributed by atoms with Gasteiger partial charge in [-0.05, 0) is 42.3 Å². The van der Waals surface area contributed by atoms with Crippen LogP contribution in [0, 0.1) is 6.92 Å². The summed E-state index contributed by atoms with van der Waals surface area (Å²) in [6.45, 7) is 2.19. The highest BCUT2D eigenvalue weighted by atomic mass is 35.5. The van der Waals surface area contributed by atoms with Gasteiger partial charge in [0.05, 0.1) is 11.0 Å². The normalized spacial score (nSPS) is 20.1. The third-order valence-corrected chi connectivity index (χ3v) is 7.23. The molecule has 3 aromatic carbocycles. The van der Waals surface area contributed by atoms with Crippen LogP contribution in [0.2, 0.25) is 5.02 Å². The Morgan fingerprint density at radius 3 is 2.28 bits per heavy atom. The molecule has 3 aromatic rings. The number of hydrogen-bond acceptors (Lipinski definition) is 3. The average Bonchev–Trinajstić information content (AvgIpc) is 3.14. The quantitative estimate of drug-likeness (QED) is 0.577. The van der Waals surface area contributed by atoms with Crippen molar-refractivity contribution in [3.05, 3.63) is 101 Å². The predicted octanol–water partition coefficient (Wildman–Crippen LogP) is 4.98. The minimum Gasteiger partial charge on any atom is -0.352 e. The van der Waals surface area contributed by atoms with Crippen molar-refractivity contribution < 1.29 is 13.2 Å². The van der Waals surface area contributed by atoms with Crippen LogP contribution in [0.25, 0.3) is 0 Å². The Kier molecular flexibility index (Phi) is 5.74. The Morgan fingerprint density at radius 1 is 0.966 bits per heavy atom. The number of aryl methyl sites for hydroxylation is 1. The second-order valence-electron chi connectivity index (χ2n) is 7.21. The third-order valence-electron chi connectivity index (χ3n) is 5.11. The fourth-order valence-electron chi connectivity index (χ4n) is 3.51. The molecule has 4 nitrogen and oxygen atoms in total. The van der Waals surface area contributed by atoms with Crippen molar-refractivity contribution in [2.24, 2.45) is 0 Å². The first-order valence-electron chi connectivity index (χ1n) is 9.47. The lowest BCUT2D eigenvalue weighted by molar-refractivity contribution is 0.0220. The van der Waals surface area contributed by atoms with E-state index < -0.39 is 16.3 Å². The number of rotatable bonds is 5. The van der Waals surface area contributed by atoms with Gasteiger partial charge in [0.2, 0.25) is 10.0 Å². The maximum Gasteiger partial charge on any atom is 0.245 e. The Balaban J connectivity index is 1.67. The molecule has 4 rings (SSSR count). The van der Waals surface area contributed by atoms with Crippen molar-refractivity contribution in [2.75, 3.05) is 6.54 Å². The molecule has 1 aliphatic rings. The molecule has 29 heavy (non-hydrogen) atoms. The molecule has 0 amide bonds. The van der Waals surface area contributed by atoms with Gasteiger partial charge in [0.25, 0.3) is 0 Å². The molecule has 0 spiro atoms. The zero-order valence-electron chi connectivity index (χ0n) is 16.0. The van der Waals surface area contributed by atoms with E-state index in [1.165, 1.54) is 4.31 Å². The molecule has 1 saturated heterocycles.